The number of fused-ring (bicyclic) bond motifs is 2. The van der Waals surface area contributed by atoms with Crippen LogP contribution in [-0.4, -0.2) is 13.2 Å². The Kier molecular flexibility index (Phi) is 4.85. The molecule has 0 bridgehead atoms. The second-order valence-corrected chi connectivity index (χ2v) is 7.86. The number of ether oxygens (including phenoxy) is 1. The summed E-state index contributed by atoms with van der Waals surface area (Å²) in [4.78, 5) is 0. The fourth-order valence-electron chi connectivity index (χ4n) is 3.95. The average Bonchev–Trinajstić information content (AvgIpc) is 3.37. The van der Waals surface area contributed by atoms with E-state index in [1.807, 2.05) is 12.1 Å². The minimum atomic E-state index is 0.0395. The van der Waals surface area contributed by atoms with Gasteiger partial charge in [-0.2, -0.15) is 0 Å². The molecule has 30 heavy (non-hydrogen) atoms. The van der Waals surface area contributed by atoms with Crippen LogP contribution in [0, 0.1) is 6.92 Å². The van der Waals surface area contributed by atoms with Crippen LogP contribution in [0.15, 0.2) is 60.7 Å². The van der Waals surface area contributed by atoms with Gasteiger partial charge in [0, 0.05) is 0 Å². The van der Waals surface area contributed by atoms with Gasteiger partial charge >= 0.3 is 0 Å². The van der Waals surface area contributed by atoms with E-state index >= 15 is 0 Å². The highest BCUT2D eigenvalue weighted by Gasteiger charge is 2.25. The van der Waals surface area contributed by atoms with Gasteiger partial charge in [0.1, 0.15) is 18.1 Å². The van der Waals surface area contributed by atoms with Gasteiger partial charge in [-0.1, -0.05) is 24.3 Å². The van der Waals surface area contributed by atoms with Crippen LogP contribution in [0.2, 0.25) is 0 Å². The topological polar surface area (TPSA) is 83.4 Å². The lowest BCUT2D eigenvalue weighted by Gasteiger charge is -2.14. The highest BCUT2D eigenvalue weighted by molar-refractivity contribution is 5.79. The molecular formula is C24H27N5O. The molecule has 3 aromatic carbocycles. The summed E-state index contributed by atoms with van der Waals surface area (Å²) in [5.41, 5.74) is 13.6. The first-order chi connectivity index (χ1) is 14.7. The van der Waals surface area contributed by atoms with Crippen LogP contribution in [0.5, 0.6) is 5.75 Å². The van der Waals surface area contributed by atoms with Gasteiger partial charge in [-0.05, 0) is 73.0 Å². The first-order valence-electron chi connectivity index (χ1n) is 10.4. The molecule has 0 fully saturated rings. The molecule has 2 heterocycles. The second-order valence-electron chi connectivity index (χ2n) is 7.86. The van der Waals surface area contributed by atoms with Crippen molar-refractivity contribution in [2.45, 2.75) is 25.7 Å². The number of nitrogens with one attached hydrogen (secondary N) is 4. The van der Waals surface area contributed by atoms with Gasteiger partial charge in [0.15, 0.2) is 0 Å². The molecule has 0 aliphatic carbocycles. The fourth-order valence-corrected chi connectivity index (χ4v) is 3.95. The van der Waals surface area contributed by atoms with E-state index < -0.39 is 0 Å². The number of hydrogen-bond donors (Lipinski definition) is 5. The number of nitrogens with two attached hydrogens (primary N) is 1. The summed E-state index contributed by atoms with van der Waals surface area (Å²) in [7, 11) is 0. The molecule has 2 aliphatic rings. The van der Waals surface area contributed by atoms with Gasteiger partial charge in [-0.15, -0.1) is 0 Å². The maximum Gasteiger partial charge on any atom is 0.123 e. The van der Waals surface area contributed by atoms with E-state index in [0.29, 0.717) is 13.2 Å². The van der Waals surface area contributed by atoms with Crippen LogP contribution in [0.4, 0.5) is 22.7 Å². The Balaban J connectivity index is 1.27. The average molecular weight is 402 g/mol. The van der Waals surface area contributed by atoms with Gasteiger partial charge in [0.2, 0.25) is 0 Å². The summed E-state index contributed by atoms with van der Waals surface area (Å²) in [5.74, 6) is 0.873. The number of aryl methyl sites for hydroxylation is 1. The van der Waals surface area contributed by atoms with Crippen molar-refractivity contribution in [1.82, 2.24) is 0 Å². The van der Waals surface area contributed by atoms with Crippen LogP contribution in [0.3, 0.4) is 0 Å². The monoisotopic (exact) mass is 401 g/mol. The van der Waals surface area contributed by atoms with Crippen molar-refractivity contribution < 1.29 is 4.74 Å². The van der Waals surface area contributed by atoms with Crippen LogP contribution >= 0.6 is 0 Å². The highest BCUT2D eigenvalue weighted by atomic mass is 16.5. The van der Waals surface area contributed by atoms with E-state index in [0.717, 1.165) is 34.9 Å². The van der Waals surface area contributed by atoms with Crippen LogP contribution in [0.25, 0.3) is 0 Å². The van der Waals surface area contributed by atoms with Crippen molar-refractivity contribution in [2.75, 3.05) is 34.4 Å². The van der Waals surface area contributed by atoms with Gasteiger partial charge in [-0.25, -0.2) is 0 Å². The molecular weight excluding hydrogens is 374 g/mol. The van der Waals surface area contributed by atoms with E-state index in [1.165, 1.54) is 16.7 Å². The number of hydrogen-bond acceptors (Lipinski definition) is 6. The smallest absolute Gasteiger partial charge is 0.123 e. The van der Waals surface area contributed by atoms with E-state index in [2.05, 4.69) is 76.7 Å². The lowest BCUT2D eigenvalue weighted by Crippen LogP contribution is -2.12. The molecule has 5 rings (SSSR count). The zero-order chi connectivity index (χ0) is 20.5. The number of anilines is 4. The van der Waals surface area contributed by atoms with Crippen LogP contribution < -0.4 is 31.7 Å². The van der Waals surface area contributed by atoms with Gasteiger partial charge in [0.05, 0.1) is 29.4 Å². The molecule has 0 amide bonds. The Labute approximate surface area is 176 Å². The Morgan fingerprint density at radius 2 is 1.33 bits per heavy atom. The molecule has 154 valence electrons. The highest BCUT2D eigenvalue weighted by Crippen LogP contribution is 2.40. The molecule has 0 saturated heterocycles. The lowest BCUT2D eigenvalue weighted by molar-refractivity contribution is 0.313. The van der Waals surface area contributed by atoms with Crippen molar-refractivity contribution in [2.24, 2.45) is 5.73 Å². The Morgan fingerprint density at radius 1 is 0.733 bits per heavy atom. The van der Waals surface area contributed by atoms with E-state index in [-0.39, 0.29) is 12.3 Å². The fraction of sp³-hybridized carbons (Fsp3) is 0.250. The lowest BCUT2D eigenvalue weighted by atomic mass is 10.1. The normalized spacial score (nSPS) is 18.5. The van der Waals surface area contributed by atoms with Gasteiger partial charge in [0.25, 0.3) is 0 Å². The quantitative estimate of drug-likeness (QED) is 0.382. The molecule has 0 spiro atoms. The largest absolute Gasteiger partial charge is 0.494 e. The zero-order valence-corrected chi connectivity index (χ0v) is 17.0. The molecule has 0 saturated carbocycles. The summed E-state index contributed by atoms with van der Waals surface area (Å²) in [6.45, 7) is 3.40. The predicted octanol–water partition coefficient (Wildman–Crippen LogP) is 4.80. The number of rotatable bonds is 6. The Morgan fingerprint density at radius 3 is 2.07 bits per heavy atom. The first-order valence-corrected chi connectivity index (χ1v) is 10.4. The van der Waals surface area contributed by atoms with Crippen molar-refractivity contribution in [3.8, 4) is 5.75 Å². The maximum atomic E-state index is 5.70. The van der Waals surface area contributed by atoms with Crippen molar-refractivity contribution in [3.63, 3.8) is 0 Å². The molecule has 0 radical (unpaired) electrons. The van der Waals surface area contributed by atoms with E-state index in [9.17, 15) is 0 Å². The Hall–Kier alpha value is -3.38. The summed E-state index contributed by atoms with van der Waals surface area (Å²) >= 11 is 0. The summed E-state index contributed by atoms with van der Waals surface area (Å²) in [6.07, 6.45) is 0.969. The summed E-state index contributed by atoms with van der Waals surface area (Å²) < 4.78 is 5.70. The second kappa shape index (κ2) is 7.80. The van der Waals surface area contributed by atoms with Crippen LogP contribution in [0.1, 0.15) is 35.4 Å². The molecule has 3 aromatic rings. The standard InChI is InChI=1S/C24H27N5O/c1-15-3-9-19-21(13-15)28-24(27-19)17-6-10-20-22(14-17)29-23(26-20)16-4-7-18(8-5-16)30-12-2-11-25/h3-10,13-14,23-24,26-29H,2,11-12,25H2,1H3. The maximum absolute atomic E-state index is 5.70. The van der Waals surface area contributed by atoms with E-state index in [4.69, 9.17) is 10.5 Å². The molecule has 2 atom stereocenters. The summed E-state index contributed by atoms with van der Waals surface area (Å²) in [5, 5.41) is 14.3. The Bertz CT molecular complexity index is 1050. The van der Waals surface area contributed by atoms with Gasteiger partial charge in [-0.3, -0.25) is 0 Å². The number of benzene rings is 3. The van der Waals surface area contributed by atoms with Gasteiger partial charge < -0.3 is 31.7 Å². The SMILES string of the molecule is Cc1ccc2c(c1)NC(c1ccc3c(c1)NC(c1ccc(OCCCN)cc1)N3)N2. The third kappa shape index (κ3) is 3.62. The molecule has 6 nitrogen and oxygen atoms in total. The first kappa shape index (κ1) is 18.6. The van der Waals surface area contributed by atoms with Crippen LogP contribution in [-0.2, 0) is 0 Å². The molecule has 6 N–H and O–H groups in total. The molecule has 2 unspecified atom stereocenters. The third-order valence-electron chi connectivity index (χ3n) is 5.58. The zero-order valence-electron chi connectivity index (χ0n) is 17.0. The van der Waals surface area contributed by atoms with E-state index in [1.54, 1.807) is 0 Å². The molecule has 2 aliphatic heterocycles. The van der Waals surface area contributed by atoms with Crippen molar-refractivity contribution >= 4 is 22.7 Å². The molecule has 6 heteroatoms. The minimum Gasteiger partial charge on any atom is -0.494 e. The van der Waals surface area contributed by atoms with Crippen molar-refractivity contribution in [1.29, 1.82) is 0 Å². The third-order valence-corrected chi connectivity index (χ3v) is 5.58. The van der Waals surface area contributed by atoms with Crippen molar-refractivity contribution in [3.05, 3.63) is 77.4 Å². The summed E-state index contributed by atoms with van der Waals surface area (Å²) in [6, 6.07) is 21.1. The predicted molar refractivity (Wildman–Crippen MR) is 123 cm³/mol. The molecule has 0 aromatic heterocycles. The minimum absolute atomic E-state index is 0.0395.